The maximum absolute atomic E-state index is 13.4. The van der Waals surface area contributed by atoms with Crippen molar-refractivity contribution in [1.82, 2.24) is 9.66 Å². The van der Waals surface area contributed by atoms with Crippen LogP contribution in [-0.4, -0.2) is 33.3 Å². The number of benzene rings is 4. The average molecular weight is 622 g/mol. The van der Waals surface area contributed by atoms with E-state index in [0.717, 1.165) is 29.1 Å². The van der Waals surface area contributed by atoms with Crippen molar-refractivity contribution in [3.8, 4) is 17.1 Å². The number of nitrogens with one attached hydrogen (secondary N) is 1. The lowest BCUT2D eigenvalue weighted by Crippen LogP contribution is -2.21. The van der Waals surface area contributed by atoms with Crippen molar-refractivity contribution in [2.45, 2.75) is 6.18 Å². The number of hydrogen-bond acceptors (Lipinski definition) is 7. The predicted octanol–water partition coefficient (Wildman–Crippen LogP) is 6.54. The molecule has 0 bridgehead atoms. The van der Waals surface area contributed by atoms with Crippen LogP contribution in [0, 0.1) is 10.1 Å². The quantitative estimate of drug-likeness (QED) is 0.119. The summed E-state index contributed by atoms with van der Waals surface area (Å²) >= 11 is 6.29. The van der Waals surface area contributed by atoms with Crippen LogP contribution in [0.5, 0.6) is 5.75 Å². The number of nitrogens with zero attached hydrogens (tertiary/aromatic N) is 4. The van der Waals surface area contributed by atoms with Gasteiger partial charge in [-0.2, -0.15) is 22.9 Å². The number of para-hydroxylation sites is 2. The summed E-state index contributed by atoms with van der Waals surface area (Å²) < 4.78 is 46.5. The van der Waals surface area contributed by atoms with Crippen LogP contribution in [0.2, 0.25) is 5.02 Å². The molecular weight excluding hydrogens is 603 g/mol. The van der Waals surface area contributed by atoms with Crippen LogP contribution in [0.25, 0.3) is 22.3 Å². The van der Waals surface area contributed by atoms with Gasteiger partial charge < -0.3 is 10.1 Å². The zero-order valence-electron chi connectivity index (χ0n) is 22.3. The van der Waals surface area contributed by atoms with Gasteiger partial charge in [-0.15, -0.1) is 0 Å². The standard InChI is InChI=1S/C30H19ClF3N5O5/c31-23-13-18(14-25(39(42)43)27(23)44-17-26(40)36-21-9-2-1-3-10-21)16-35-38-28(19-7-6-8-20(15-19)30(32,33)34)37-24-12-5-4-11-22(24)29(38)41/h1-16H,17H2,(H,36,40). The third-order valence-electron chi connectivity index (χ3n) is 6.17. The highest BCUT2D eigenvalue weighted by molar-refractivity contribution is 6.32. The third kappa shape index (κ3) is 6.57. The molecule has 1 aromatic heterocycles. The smallest absolute Gasteiger partial charge is 0.416 e. The van der Waals surface area contributed by atoms with Crippen molar-refractivity contribution >= 4 is 46.0 Å². The molecule has 0 aliphatic rings. The lowest BCUT2D eigenvalue weighted by molar-refractivity contribution is -0.385. The average Bonchev–Trinajstić information content (AvgIpc) is 3.00. The van der Waals surface area contributed by atoms with E-state index in [1.165, 1.54) is 30.3 Å². The summed E-state index contributed by atoms with van der Waals surface area (Å²) in [7, 11) is 0. The molecule has 0 spiro atoms. The highest BCUT2D eigenvalue weighted by atomic mass is 35.5. The minimum Gasteiger partial charge on any atom is -0.476 e. The summed E-state index contributed by atoms with van der Waals surface area (Å²) in [5, 5.41) is 18.5. The predicted molar refractivity (Wildman–Crippen MR) is 158 cm³/mol. The molecule has 0 aliphatic carbocycles. The van der Waals surface area contributed by atoms with Gasteiger partial charge in [0.25, 0.3) is 11.5 Å². The van der Waals surface area contributed by atoms with E-state index >= 15 is 0 Å². The minimum atomic E-state index is -4.65. The molecule has 5 aromatic rings. The second kappa shape index (κ2) is 12.4. The summed E-state index contributed by atoms with van der Waals surface area (Å²) in [4.78, 5) is 41.1. The lowest BCUT2D eigenvalue weighted by Gasteiger charge is -2.12. The van der Waals surface area contributed by atoms with E-state index in [1.54, 1.807) is 42.5 Å². The first-order valence-electron chi connectivity index (χ1n) is 12.7. The monoisotopic (exact) mass is 621 g/mol. The van der Waals surface area contributed by atoms with E-state index in [9.17, 15) is 32.9 Å². The highest BCUT2D eigenvalue weighted by Crippen LogP contribution is 2.36. The van der Waals surface area contributed by atoms with Crippen molar-refractivity contribution in [3.63, 3.8) is 0 Å². The largest absolute Gasteiger partial charge is 0.476 e. The molecule has 4 aromatic carbocycles. The lowest BCUT2D eigenvalue weighted by atomic mass is 10.1. The van der Waals surface area contributed by atoms with Crippen molar-refractivity contribution < 1.29 is 27.6 Å². The number of amides is 1. The number of rotatable bonds is 8. The fourth-order valence-corrected chi connectivity index (χ4v) is 4.46. The second-order valence-electron chi connectivity index (χ2n) is 9.20. The maximum atomic E-state index is 13.4. The van der Waals surface area contributed by atoms with Crippen LogP contribution < -0.4 is 15.6 Å². The number of aromatic nitrogens is 2. The zero-order valence-corrected chi connectivity index (χ0v) is 23.0. The number of hydrogen-bond donors (Lipinski definition) is 1. The Kier molecular flexibility index (Phi) is 8.40. The molecule has 5 rings (SSSR count). The number of ether oxygens (including phenoxy) is 1. The Morgan fingerprint density at radius 1 is 1.05 bits per heavy atom. The molecular formula is C30H19ClF3N5O5. The van der Waals surface area contributed by atoms with E-state index in [2.05, 4.69) is 15.4 Å². The Morgan fingerprint density at radius 2 is 1.77 bits per heavy atom. The highest BCUT2D eigenvalue weighted by Gasteiger charge is 2.31. The molecule has 14 heteroatoms. The molecule has 1 heterocycles. The Bertz CT molecular complexity index is 1980. The molecule has 44 heavy (non-hydrogen) atoms. The van der Waals surface area contributed by atoms with Crippen molar-refractivity contribution in [3.05, 3.63) is 128 Å². The molecule has 0 unspecified atom stereocenters. The Hall–Kier alpha value is -5.56. The summed E-state index contributed by atoms with van der Waals surface area (Å²) in [6.07, 6.45) is -3.58. The van der Waals surface area contributed by atoms with E-state index in [1.807, 2.05) is 0 Å². The number of fused-ring (bicyclic) bond motifs is 1. The topological polar surface area (TPSA) is 129 Å². The van der Waals surface area contributed by atoms with Crippen LogP contribution in [0.1, 0.15) is 11.1 Å². The van der Waals surface area contributed by atoms with Gasteiger partial charge in [0.1, 0.15) is 0 Å². The molecule has 1 amide bonds. The van der Waals surface area contributed by atoms with Gasteiger partial charge in [-0.05, 0) is 42.5 Å². The van der Waals surface area contributed by atoms with Crippen LogP contribution in [0.15, 0.2) is 101 Å². The molecule has 0 aliphatic heterocycles. The molecule has 0 fully saturated rings. The van der Waals surface area contributed by atoms with E-state index in [0.29, 0.717) is 5.69 Å². The molecule has 1 N–H and O–H groups in total. The van der Waals surface area contributed by atoms with Crippen LogP contribution in [0.3, 0.4) is 0 Å². The SMILES string of the molecule is O=C(COc1c(Cl)cc(C=Nn2c(-c3cccc(C(F)(F)F)c3)nc3ccccc3c2=O)cc1[N+](=O)[O-])Nc1ccccc1. The van der Waals surface area contributed by atoms with Crippen LogP contribution >= 0.6 is 11.6 Å². The van der Waals surface area contributed by atoms with Gasteiger partial charge in [0, 0.05) is 22.9 Å². The third-order valence-corrected chi connectivity index (χ3v) is 6.45. The minimum absolute atomic E-state index is 0.0404. The fraction of sp³-hybridized carbons (Fsp3) is 0.0667. The van der Waals surface area contributed by atoms with Crippen LogP contribution in [-0.2, 0) is 11.0 Å². The molecule has 0 atom stereocenters. The molecule has 0 radical (unpaired) electrons. The van der Waals surface area contributed by atoms with Crippen molar-refractivity contribution in [2.75, 3.05) is 11.9 Å². The van der Waals surface area contributed by atoms with Crippen molar-refractivity contribution in [2.24, 2.45) is 5.10 Å². The Balaban J connectivity index is 1.51. The van der Waals surface area contributed by atoms with Gasteiger partial charge in [-0.1, -0.05) is 54.1 Å². The molecule has 0 saturated heterocycles. The Morgan fingerprint density at radius 3 is 2.50 bits per heavy atom. The Labute approximate surface area is 251 Å². The molecule has 222 valence electrons. The molecule has 10 nitrogen and oxygen atoms in total. The zero-order chi connectivity index (χ0) is 31.4. The number of nitro groups is 1. The van der Waals surface area contributed by atoms with E-state index in [4.69, 9.17) is 16.3 Å². The van der Waals surface area contributed by atoms with Gasteiger partial charge in [-0.3, -0.25) is 19.7 Å². The number of anilines is 1. The van der Waals surface area contributed by atoms with Crippen molar-refractivity contribution in [1.29, 1.82) is 0 Å². The fourth-order valence-electron chi connectivity index (χ4n) is 4.19. The van der Waals surface area contributed by atoms with E-state index in [-0.39, 0.29) is 38.6 Å². The summed E-state index contributed by atoms with van der Waals surface area (Å²) in [5.74, 6) is -1.15. The van der Waals surface area contributed by atoms with E-state index < -0.39 is 40.4 Å². The summed E-state index contributed by atoms with van der Waals surface area (Å²) in [6.45, 7) is -0.582. The normalized spacial score (nSPS) is 11.5. The summed E-state index contributed by atoms with van der Waals surface area (Å²) in [5.41, 5.74) is -1.50. The first-order chi connectivity index (χ1) is 21.0. The van der Waals surface area contributed by atoms with Gasteiger partial charge in [0.2, 0.25) is 5.75 Å². The number of nitro benzene ring substituents is 1. The van der Waals surface area contributed by atoms with Gasteiger partial charge in [0.05, 0.1) is 32.6 Å². The number of alkyl halides is 3. The van der Waals surface area contributed by atoms with Gasteiger partial charge in [-0.25, -0.2) is 4.98 Å². The van der Waals surface area contributed by atoms with Crippen LogP contribution in [0.4, 0.5) is 24.5 Å². The number of carbonyl (C=O) groups is 1. The first kappa shape index (κ1) is 29.9. The second-order valence-corrected chi connectivity index (χ2v) is 9.61. The van der Waals surface area contributed by atoms with Gasteiger partial charge >= 0.3 is 11.9 Å². The van der Waals surface area contributed by atoms with Gasteiger partial charge in [0.15, 0.2) is 12.4 Å². The summed E-state index contributed by atoms with van der Waals surface area (Å²) in [6, 6.07) is 21.3. The first-order valence-corrected chi connectivity index (χ1v) is 13.1. The molecule has 0 saturated carbocycles. The number of halogens is 4. The number of carbonyl (C=O) groups excluding carboxylic acids is 1. The maximum Gasteiger partial charge on any atom is 0.416 e.